The lowest BCUT2D eigenvalue weighted by atomic mass is 10.1. The molecule has 0 spiro atoms. The molecule has 21 heavy (non-hydrogen) atoms. The van der Waals surface area contributed by atoms with Crippen LogP contribution in [-0.4, -0.2) is 45.5 Å². The number of pyridine rings is 1. The van der Waals surface area contributed by atoms with Gasteiger partial charge in [0.05, 0.1) is 24.0 Å². The molecule has 1 unspecified atom stereocenters. The Morgan fingerprint density at radius 1 is 1.43 bits per heavy atom. The van der Waals surface area contributed by atoms with Crippen LogP contribution < -0.4 is 4.90 Å². The van der Waals surface area contributed by atoms with E-state index in [-0.39, 0.29) is 6.04 Å². The first kappa shape index (κ1) is 15.1. The molecular weight excluding hydrogens is 312 g/mol. The van der Waals surface area contributed by atoms with Crippen LogP contribution in [0.15, 0.2) is 12.1 Å². The summed E-state index contributed by atoms with van der Waals surface area (Å²) in [5, 5.41) is 0.344. The molecule has 1 aromatic heterocycles. The Hall–Kier alpha value is -0.850. The fourth-order valence-corrected chi connectivity index (χ4v) is 4.54. The zero-order valence-electron chi connectivity index (χ0n) is 12.2. The topological polar surface area (TPSA) is 59.5 Å². The summed E-state index contributed by atoms with van der Waals surface area (Å²) >= 11 is 6.14. The van der Waals surface area contributed by atoms with Gasteiger partial charge in [-0.25, -0.2) is 13.4 Å². The van der Waals surface area contributed by atoms with Gasteiger partial charge in [-0.15, -0.1) is 0 Å². The number of ether oxygens (including phenoxy) is 1. The molecule has 0 amide bonds. The van der Waals surface area contributed by atoms with Gasteiger partial charge in [-0.3, -0.25) is 0 Å². The van der Waals surface area contributed by atoms with Crippen molar-refractivity contribution in [3.63, 3.8) is 0 Å². The summed E-state index contributed by atoms with van der Waals surface area (Å²) in [5.74, 6) is 0.739. The maximum absolute atomic E-state index is 12.1. The fourth-order valence-electron chi connectivity index (χ4n) is 2.95. The lowest BCUT2D eigenvalue weighted by Gasteiger charge is -2.34. The second-order valence-corrected chi connectivity index (χ2v) is 8.63. The molecule has 0 N–H and O–H groups in total. The summed E-state index contributed by atoms with van der Waals surface area (Å²) in [6, 6.07) is 3.76. The van der Waals surface area contributed by atoms with Gasteiger partial charge in [0.2, 0.25) is 0 Å². The highest BCUT2D eigenvalue weighted by molar-refractivity contribution is 7.92. The monoisotopic (exact) mass is 330 g/mol. The molecule has 2 heterocycles. The van der Waals surface area contributed by atoms with Gasteiger partial charge in [0.15, 0.2) is 9.84 Å². The quantitative estimate of drug-likeness (QED) is 0.793. The summed E-state index contributed by atoms with van der Waals surface area (Å²) < 4.78 is 28.8. The Kier molecular flexibility index (Phi) is 3.66. The first-order valence-corrected chi connectivity index (χ1v) is 9.32. The van der Waals surface area contributed by atoms with Crippen LogP contribution in [0.25, 0.3) is 0 Å². The molecule has 2 fully saturated rings. The summed E-state index contributed by atoms with van der Waals surface area (Å²) in [6.07, 6.45) is 2.61. The number of rotatable bonds is 3. The number of hydrogen-bond donors (Lipinski definition) is 0. The highest BCUT2D eigenvalue weighted by atomic mass is 35.5. The zero-order chi connectivity index (χ0) is 15.3. The molecule has 2 aliphatic rings. The minimum atomic E-state index is -3.15. The Labute approximate surface area is 130 Å². The normalized spacial score (nSPS) is 24.9. The number of anilines is 1. The van der Waals surface area contributed by atoms with Crippen molar-refractivity contribution in [2.45, 2.75) is 30.6 Å². The number of aromatic nitrogens is 1. The first-order chi connectivity index (χ1) is 9.83. The van der Waals surface area contributed by atoms with Crippen molar-refractivity contribution in [3.8, 4) is 0 Å². The van der Waals surface area contributed by atoms with Gasteiger partial charge >= 0.3 is 0 Å². The van der Waals surface area contributed by atoms with Gasteiger partial charge in [-0.2, -0.15) is 0 Å². The summed E-state index contributed by atoms with van der Waals surface area (Å²) in [5.41, 5.74) is 0.763. The van der Waals surface area contributed by atoms with Crippen LogP contribution in [0.3, 0.4) is 0 Å². The van der Waals surface area contributed by atoms with Gasteiger partial charge in [0, 0.05) is 12.8 Å². The summed E-state index contributed by atoms with van der Waals surface area (Å²) in [6.45, 7) is 4.08. The summed E-state index contributed by atoms with van der Waals surface area (Å²) in [4.78, 5) is 6.49. The van der Waals surface area contributed by atoms with Crippen molar-refractivity contribution < 1.29 is 13.2 Å². The molecule has 1 atom stereocenters. The van der Waals surface area contributed by atoms with Crippen LogP contribution in [0.2, 0.25) is 5.15 Å². The third-order valence-electron chi connectivity index (χ3n) is 4.38. The minimum Gasteiger partial charge on any atom is -0.377 e. The number of halogens is 1. The van der Waals surface area contributed by atoms with E-state index in [1.807, 2.05) is 6.07 Å². The maximum Gasteiger partial charge on any atom is 0.157 e. The predicted molar refractivity (Wildman–Crippen MR) is 82.6 cm³/mol. The second-order valence-electron chi connectivity index (χ2n) is 5.92. The molecular formula is C14H19ClN2O3S. The van der Waals surface area contributed by atoms with E-state index in [0.717, 1.165) is 17.9 Å². The molecule has 0 radical (unpaired) electrons. The Balaban J connectivity index is 2.01. The van der Waals surface area contributed by atoms with Crippen molar-refractivity contribution in [3.05, 3.63) is 22.8 Å². The average molecular weight is 331 g/mol. The third-order valence-corrected chi connectivity index (χ3v) is 6.64. The first-order valence-electron chi connectivity index (χ1n) is 7.05. The molecule has 7 heteroatoms. The molecule has 5 nitrogen and oxygen atoms in total. The molecule has 3 rings (SSSR count). The Morgan fingerprint density at radius 2 is 2.14 bits per heavy atom. The highest BCUT2D eigenvalue weighted by Crippen LogP contribution is 2.53. The fraction of sp³-hybridized carbons (Fsp3) is 0.643. The molecule has 0 bridgehead atoms. The van der Waals surface area contributed by atoms with Crippen LogP contribution >= 0.6 is 11.6 Å². The minimum absolute atomic E-state index is 0.200. The van der Waals surface area contributed by atoms with E-state index in [1.54, 1.807) is 6.07 Å². The number of sulfone groups is 1. The van der Waals surface area contributed by atoms with E-state index < -0.39 is 14.6 Å². The lowest BCUT2D eigenvalue weighted by molar-refractivity contribution is 0.0985. The SMILES string of the molecule is CC1COCCN1c1cc(C2(S(C)(=O)=O)CC2)cc(Cl)n1. The van der Waals surface area contributed by atoms with Gasteiger partial charge in [0.25, 0.3) is 0 Å². The van der Waals surface area contributed by atoms with Crippen LogP contribution in [0.1, 0.15) is 25.3 Å². The van der Waals surface area contributed by atoms with Crippen LogP contribution in [0.4, 0.5) is 5.82 Å². The molecule has 1 aromatic rings. The second kappa shape index (κ2) is 5.11. The molecule has 1 aliphatic carbocycles. The van der Waals surface area contributed by atoms with Gasteiger partial charge in [-0.1, -0.05) is 11.6 Å². The van der Waals surface area contributed by atoms with Crippen molar-refractivity contribution in [2.24, 2.45) is 0 Å². The van der Waals surface area contributed by atoms with E-state index in [0.29, 0.717) is 31.2 Å². The van der Waals surface area contributed by atoms with Crippen molar-refractivity contribution in [1.82, 2.24) is 4.98 Å². The predicted octanol–water partition coefficient (Wildman–Crippen LogP) is 1.99. The number of morpholine rings is 1. The smallest absolute Gasteiger partial charge is 0.157 e. The van der Waals surface area contributed by atoms with E-state index in [1.165, 1.54) is 6.26 Å². The van der Waals surface area contributed by atoms with Crippen LogP contribution in [-0.2, 0) is 19.3 Å². The largest absolute Gasteiger partial charge is 0.377 e. The van der Waals surface area contributed by atoms with E-state index in [4.69, 9.17) is 16.3 Å². The van der Waals surface area contributed by atoms with Gasteiger partial charge < -0.3 is 9.64 Å². The van der Waals surface area contributed by atoms with Gasteiger partial charge in [0.1, 0.15) is 11.0 Å². The molecule has 0 aromatic carbocycles. The maximum atomic E-state index is 12.1. The van der Waals surface area contributed by atoms with Crippen LogP contribution in [0.5, 0.6) is 0 Å². The molecule has 1 saturated carbocycles. The summed E-state index contributed by atoms with van der Waals surface area (Å²) in [7, 11) is -3.15. The molecule has 1 saturated heterocycles. The zero-order valence-corrected chi connectivity index (χ0v) is 13.7. The molecule has 1 aliphatic heterocycles. The Bertz CT molecular complexity index is 658. The van der Waals surface area contributed by atoms with Crippen molar-refractivity contribution in [1.29, 1.82) is 0 Å². The third kappa shape index (κ3) is 2.64. The van der Waals surface area contributed by atoms with Crippen LogP contribution in [0, 0.1) is 0 Å². The Morgan fingerprint density at radius 3 is 2.71 bits per heavy atom. The van der Waals surface area contributed by atoms with E-state index in [2.05, 4.69) is 16.8 Å². The van der Waals surface area contributed by atoms with E-state index in [9.17, 15) is 8.42 Å². The van der Waals surface area contributed by atoms with Gasteiger partial charge in [-0.05, 0) is 37.5 Å². The molecule has 116 valence electrons. The average Bonchev–Trinajstić information content (AvgIpc) is 3.19. The lowest BCUT2D eigenvalue weighted by Crippen LogP contribution is -2.44. The van der Waals surface area contributed by atoms with E-state index >= 15 is 0 Å². The number of nitrogens with zero attached hydrogens (tertiary/aromatic N) is 2. The number of hydrogen-bond acceptors (Lipinski definition) is 5. The highest BCUT2D eigenvalue weighted by Gasteiger charge is 2.53. The van der Waals surface area contributed by atoms with Crippen molar-refractivity contribution in [2.75, 3.05) is 30.9 Å². The standard InChI is InChI=1S/C14H19ClN2O3S/c1-10-9-20-6-5-17(10)13-8-11(7-12(15)16-13)14(3-4-14)21(2,18)19/h7-8,10H,3-6,9H2,1-2H3. The van der Waals surface area contributed by atoms with Crippen molar-refractivity contribution >= 4 is 27.3 Å².